The number of para-hydroxylation sites is 1. The lowest BCUT2D eigenvalue weighted by molar-refractivity contribution is -0.150. The molecule has 0 unspecified atom stereocenters. The molecule has 1 fully saturated rings. The third kappa shape index (κ3) is 4.79. The predicted octanol–water partition coefficient (Wildman–Crippen LogP) is 2.66. The molecule has 3 rings (SSSR count). The molecule has 7 nitrogen and oxygen atoms in total. The van der Waals surface area contributed by atoms with E-state index in [-0.39, 0.29) is 35.6 Å². The molecule has 158 valence electrons. The van der Waals surface area contributed by atoms with E-state index in [2.05, 4.69) is 0 Å². The summed E-state index contributed by atoms with van der Waals surface area (Å²) >= 11 is 0. The average molecular weight is 410 g/mol. The van der Waals surface area contributed by atoms with Gasteiger partial charge in [0.2, 0.25) is 0 Å². The topological polar surface area (TPSA) is 77.8 Å². The van der Waals surface area contributed by atoms with Crippen LogP contribution in [-0.4, -0.2) is 48.1 Å². The van der Waals surface area contributed by atoms with Crippen molar-refractivity contribution in [1.29, 1.82) is 0 Å². The Morgan fingerprint density at radius 1 is 1.17 bits per heavy atom. The van der Waals surface area contributed by atoms with Crippen LogP contribution in [0.4, 0.5) is 0 Å². The van der Waals surface area contributed by atoms with Crippen LogP contribution in [-0.2, 0) is 14.3 Å². The van der Waals surface area contributed by atoms with Gasteiger partial charge in [0, 0.05) is 30.9 Å². The summed E-state index contributed by atoms with van der Waals surface area (Å²) < 4.78 is 11.9. The van der Waals surface area contributed by atoms with Crippen LogP contribution in [0.15, 0.2) is 53.5 Å². The van der Waals surface area contributed by atoms with Gasteiger partial charge < -0.3 is 14.4 Å². The largest absolute Gasteiger partial charge is 0.496 e. The summed E-state index contributed by atoms with van der Waals surface area (Å²) in [5.41, 5.74) is 0.568. The monoisotopic (exact) mass is 410 g/mol. The number of amides is 1. The van der Waals surface area contributed by atoms with Gasteiger partial charge in [-0.2, -0.15) is 0 Å². The van der Waals surface area contributed by atoms with E-state index in [0.717, 1.165) is 0 Å². The first-order valence-corrected chi connectivity index (χ1v) is 10.0. The normalized spacial score (nSPS) is 16.8. The number of benzene rings is 1. The zero-order valence-corrected chi connectivity index (χ0v) is 17.2. The van der Waals surface area contributed by atoms with E-state index >= 15 is 0 Å². The Labute approximate surface area is 175 Å². The van der Waals surface area contributed by atoms with Gasteiger partial charge in [-0.05, 0) is 38.0 Å². The molecule has 0 aliphatic carbocycles. The van der Waals surface area contributed by atoms with Gasteiger partial charge in [0.15, 0.2) is 0 Å². The molecule has 1 aromatic heterocycles. The summed E-state index contributed by atoms with van der Waals surface area (Å²) in [6.45, 7) is 2.85. The van der Waals surface area contributed by atoms with Crippen LogP contribution in [0.5, 0.6) is 5.75 Å². The minimum Gasteiger partial charge on any atom is -0.496 e. The molecule has 0 saturated carbocycles. The Hall–Kier alpha value is -3.35. The summed E-state index contributed by atoms with van der Waals surface area (Å²) in [6, 6.07) is 12.0. The molecule has 0 N–H and O–H groups in total. The van der Waals surface area contributed by atoms with E-state index < -0.39 is 0 Å². The number of carbonyl (C=O) groups excluding carboxylic acids is 2. The molecule has 7 heteroatoms. The maximum Gasteiger partial charge on any atom is 0.310 e. The molecule has 1 aromatic carbocycles. The van der Waals surface area contributed by atoms with Crippen molar-refractivity contribution in [1.82, 2.24) is 9.47 Å². The van der Waals surface area contributed by atoms with Crippen molar-refractivity contribution < 1.29 is 19.1 Å². The molecule has 1 saturated heterocycles. The lowest BCUT2D eigenvalue weighted by Gasteiger charge is -2.32. The number of piperidine rings is 1. The third-order valence-corrected chi connectivity index (χ3v) is 5.06. The second-order valence-electron chi connectivity index (χ2n) is 7.02. The molecule has 1 aliphatic heterocycles. The predicted molar refractivity (Wildman–Crippen MR) is 114 cm³/mol. The van der Waals surface area contributed by atoms with Gasteiger partial charge in [-0.1, -0.05) is 24.3 Å². The number of esters is 1. The van der Waals surface area contributed by atoms with Crippen LogP contribution in [0.3, 0.4) is 0 Å². The molecule has 2 aromatic rings. The lowest BCUT2D eigenvalue weighted by Crippen LogP contribution is -2.44. The highest BCUT2D eigenvalue weighted by molar-refractivity contribution is 6.18. The van der Waals surface area contributed by atoms with Crippen LogP contribution < -0.4 is 10.3 Å². The van der Waals surface area contributed by atoms with Crippen molar-refractivity contribution in [2.45, 2.75) is 19.8 Å². The van der Waals surface area contributed by atoms with Gasteiger partial charge >= 0.3 is 5.97 Å². The van der Waals surface area contributed by atoms with Crippen LogP contribution in [0.1, 0.15) is 25.3 Å². The Morgan fingerprint density at radius 3 is 2.67 bits per heavy atom. The number of aromatic nitrogens is 1. The van der Waals surface area contributed by atoms with E-state index in [1.54, 1.807) is 49.4 Å². The Balaban J connectivity index is 1.99. The number of ether oxygens (including phenoxy) is 2. The molecular weight excluding hydrogens is 384 g/mol. The van der Waals surface area contributed by atoms with Crippen molar-refractivity contribution >= 4 is 23.6 Å². The van der Waals surface area contributed by atoms with E-state index in [0.29, 0.717) is 37.3 Å². The second kappa shape index (κ2) is 9.91. The van der Waals surface area contributed by atoms with E-state index in [1.165, 1.54) is 10.6 Å². The van der Waals surface area contributed by atoms with E-state index in [1.807, 2.05) is 18.2 Å². The van der Waals surface area contributed by atoms with Crippen molar-refractivity contribution in [2.75, 3.05) is 26.8 Å². The fourth-order valence-electron chi connectivity index (χ4n) is 3.57. The Bertz CT molecular complexity index is 995. The molecule has 1 atom stereocenters. The Kier molecular flexibility index (Phi) is 7.06. The fourth-order valence-corrected chi connectivity index (χ4v) is 3.57. The van der Waals surface area contributed by atoms with E-state index in [4.69, 9.17) is 9.47 Å². The van der Waals surface area contributed by atoms with Gasteiger partial charge in [0.25, 0.3) is 11.5 Å². The molecule has 1 aliphatic rings. The second-order valence-corrected chi connectivity index (χ2v) is 7.02. The number of rotatable bonds is 6. The Morgan fingerprint density at radius 2 is 1.93 bits per heavy atom. The van der Waals surface area contributed by atoms with Crippen LogP contribution in [0, 0.1) is 5.92 Å². The van der Waals surface area contributed by atoms with Crippen LogP contribution in [0.25, 0.3) is 11.8 Å². The smallest absolute Gasteiger partial charge is 0.310 e. The van der Waals surface area contributed by atoms with Crippen molar-refractivity contribution in [3.63, 3.8) is 0 Å². The number of hydrogen-bond donors (Lipinski definition) is 0. The highest BCUT2D eigenvalue weighted by Gasteiger charge is 2.31. The zero-order chi connectivity index (χ0) is 21.5. The summed E-state index contributed by atoms with van der Waals surface area (Å²) in [4.78, 5) is 39.8. The summed E-state index contributed by atoms with van der Waals surface area (Å²) in [6.07, 6.45) is 4.59. The molecular formula is C23H26N2O5. The number of nitrogens with zero attached hydrogens (tertiary/aromatic N) is 2. The van der Waals surface area contributed by atoms with Crippen molar-refractivity contribution in [3.8, 4) is 5.75 Å². The summed E-state index contributed by atoms with van der Waals surface area (Å²) in [5.74, 6) is -0.372. The molecule has 0 radical (unpaired) electrons. The van der Waals surface area contributed by atoms with Crippen LogP contribution in [0.2, 0.25) is 0 Å². The van der Waals surface area contributed by atoms with Gasteiger partial charge in [-0.25, -0.2) is 0 Å². The molecule has 30 heavy (non-hydrogen) atoms. The number of methoxy groups -OCH3 is 1. The van der Waals surface area contributed by atoms with E-state index in [9.17, 15) is 14.4 Å². The third-order valence-electron chi connectivity index (χ3n) is 5.06. The average Bonchev–Trinajstić information content (AvgIpc) is 2.78. The standard InChI is InChI=1S/C23H26N2O5/c1-3-30-23(28)18-10-8-13-24(16-18)22(27)19(25-14-7-6-12-21(25)26)15-17-9-4-5-11-20(17)29-2/h4-7,9,11-12,14-15,18H,3,8,10,13,16H2,1-2H3/b19-15+/t18-/m1/s1. The van der Waals surface area contributed by atoms with Gasteiger partial charge in [0.05, 0.1) is 19.6 Å². The number of pyridine rings is 1. The number of carbonyl (C=O) groups is 2. The number of likely N-dealkylation sites (tertiary alicyclic amines) is 1. The summed E-state index contributed by atoms with van der Waals surface area (Å²) in [7, 11) is 1.55. The minimum absolute atomic E-state index is 0.203. The maximum atomic E-state index is 13.5. The number of hydrogen-bond acceptors (Lipinski definition) is 5. The lowest BCUT2D eigenvalue weighted by atomic mass is 9.97. The first-order valence-electron chi connectivity index (χ1n) is 10.0. The van der Waals surface area contributed by atoms with Crippen molar-refractivity contribution in [3.05, 3.63) is 64.6 Å². The van der Waals surface area contributed by atoms with Gasteiger partial charge in [-0.15, -0.1) is 0 Å². The minimum atomic E-state index is -0.359. The molecule has 1 amide bonds. The summed E-state index contributed by atoms with van der Waals surface area (Å²) in [5, 5.41) is 0. The highest BCUT2D eigenvalue weighted by Crippen LogP contribution is 2.25. The molecule has 2 heterocycles. The molecule has 0 spiro atoms. The van der Waals surface area contributed by atoms with Gasteiger partial charge in [-0.3, -0.25) is 19.0 Å². The fraction of sp³-hybridized carbons (Fsp3) is 0.348. The first-order chi connectivity index (χ1) is 14.5. The zero-order valence-electron chi connectivity index (χ0n) is 17.2. The SMILES string of the molecule is CCOC(=O)[C@@H]1CCCN(C(=O)/C(=C\c2ccccc2OC)n2ccccc2=O)C1. The maximum absolute atomic E-state index is 13.5. The van der Waals surface area contributed by atoms with Gasteiger partial charge in [0.1, 0.15) is 11.4 Å². The van der Waals surface area contributed by atoms with Crippen LogP contribution >= 0.6 is 0 Å². The quantitative estimate of drug-likeness (QED) is 0.540. The first kappa shape index (κ1) is 21.4. The molecule has 0 bridgehead atoms. The van der Waals surface area contributed by atoms with Crippen molar-refractivity contribution in [2.24, 2.45) is 5.92 Å². The highest BCUT2D eigenvalue weighted by atomic mass is 16.5.